The number of nitrogens with two attached hydrogens (primary N) is 1. The number of likely N-dealkylation sites (N-methyl/N-ethyl adjacent to an activating group) is 1. The first-order valence-electron chi connectivity index (χ1n) is 5.96. The molecule has 0 saturated heterocycles. The van der Waals surface area contributed by atoms with Crippen molar-refractivity contribution in [2.24, 2.45) is 5.73 Å². The van der Waals surface area contributed by atoms with Crippen molar-refractivity contribution in [3.63, 3.8) is 0 Å². The molecule has 6 nitrogen and oxygen atoms in total. The minimum absolute atomic E-state index is 0.269. The van der Waals surface area contributed by atoms with Crippen LogP contribution >= 0.6 is 11.3 Å². The second-order valence-electron chi connectivity index (χ2n) is 4.24. The Morgan fingerprint density at radius 3 is 2.68 bits per heavy atom. The molecule has 0 radical (unpaired) electrons. The molecule has 1 heterocycles. The molecule has 110 valence electrons. The molecule has 19 heavy (non-hydrogen) atoms. The molecule has 0 amide bonds. The molecule has 8 heteroatoms. The Morgan fingerprint density at radius 1 is 1.37 bits per heavy atom. The highest BCUT2D eigenvalue weighted by Crippen LogP contribution is 2.20. The van der Waals surface area contributed by atoms with Crippen molar-refractivity contribution in [1.82, 2.24) is 9.62 Å². The lowest BCUT2D eigenvalue weighted by Gasteiger charge is -2.10. The van der Waals surface area contributed by atoms with E-state index in [2.05, 4.69) is 4.72 Å². The van der Waals surface area contributed by atoms with Crippen molar-refractivity contribution in [3.05, 3.63) is 17.0 Å². The molecule has 0 bridgehead atoms. The first-order chi connectivity index (χ1) is 8.95. The van der Waals surface area contributed by atoms with Crippen molar-refractivity contribution in [2.75, 3.05) is 40.4 Å². The molecule has 0 atom stereocenters. The predicted octanol–water partition coefficient (Wildman–Crippen LogP) is 0.0633. The van der Waals surface area contributed by atoms with E-state index in [0.717, 1.165) is 11.4 Å². The third-order valence-corrected chi connectivity index (χ3v) is 5.38. The second-order valence-corrected chi connectivity index (χ2v) is 7.40. The lowest BCUT2D eigenvalue weighted by Crippen LogP contribution is -2.28. The van der Waals surface area contributed by atoms with E-state index in [1.807, 2.05) is 19.0 Å². The molecule has 1 rings (SSSR count). The molecule has 0 aliphatic rings. The number of thiophene rings is 1. The Hall–Kier alpha value is -0.510. The van der Waals surface area contributed by atoms with Crippen LogP contribution in [0.5, 0.6) is 0 Å². The van der Waals surface area contributed by atoms with Gasteiger partial charge in [-0.1, -0.05) is 0 Å². The molecule has 0 aromatic carbocycles. The maximum absolute atomic E-state index is 11.9. The van der Waals surface area contributed by atoms with Gasteiger partial charge >= 0.3 is 0 Å². The van der Waals surface area contributed by atoms with Crippen LogP contribution in [0.3, 0.4) is 0 Å². The standard InChI is InChI=1S/C11H21N3O3S2/c1-14(2)6-8-17-7-5-13-19(15,16)11-4-3-10(9-12)18-11/h3-4,13H,5-9,12H2,1-2H3. The minimum atomic E-state index is -3.43. The third-order valence-electron chi connectivity index (χ3n) is 2.32. The van der Waals surface area contributed by atoms with Gasteiger partial charge in [0.2, 0.25) is 10.0 Å². The number of hydrogen-bond donors (Lipinski definition) is 2. The topological polar surface area (TPSA) is 84.7 Å². The van der Waals surface area contributed by atoms with Gasteiger partial charge in [0.05, 0.1) is 13.2 Å². The SMILES string of the molecule is CN(C)CCOCCNS(=O)(=O)c1ccc(CN)s1. The number of sulfonamides is 1. The summed E-state index contributed by atoms with van der Waals surface area (Å²) in [6, 6.07) is 3.30. The molecule has 0 spiro atoms. The summed E-state index contributed by atoms with van der Waals surface area (Å²) < 4.78 is 31.9. The molecule has 0 fully saturated rings. The van der Waals surface area contributed by atoms with E-state index in [9.17, 15) is 8.42 Å². The van der Waals surface area contributed by atoms with E-state index in [0.29, 0.717) is 24.0 Å². The molecule has 3 N–H and O–H groups in total. The highest BCUT2D eigenvalue weighted by atomic mass is 32.2. The van der Waals surface area contributed by atoms with Crippen LogP contribution in [0.1, 0.15) is 4.88 Å². The lowest BCUT2D eigenvalue weighted by atomic mass is 10.5. The van der Waals surface area contributed by atoms with Gasteiger partial charge in [0, 0.05) is 24.5 Å². The summed E-state index contributed by atoms with van der Waals surface area (Å²) in [6.45, 7) is 2.39. The van der Waals surface area contributed by atoms with E-state index in [1.54, 1.807) is 12.1 Å². The summed E-state index contributed by atoms with van der Waals surface area (Å²) in [6.07, 6.45) is 0. The lowest BCUT2D eigenvalue weighted by molar-refractivity contribution is 0.122. The number of nitrogens with zero attached hydrogens (tertiary/aromatic N) is 1. The van der Waals surface area contributed by atoms with E-state index in [4.69, 9.17) is 10.5 Å². The third kappa shape index (κ3) is 5.98. The molecular weight excluding hydrogens is 286 g/mol. The Labute approximate surface area is 118 Å². The first kappa shape index (κ1) is 16.5. The monoisotopic (exact) mass is 307 g/mol. The van der Waals surface area contributed by atoms with Crippen molar-refractivity contribution in [1.29, 1.82) is 0 Å². The van der Waals surface area contributed by atoms with Crippen LogP contribution in [0.15, 0.2) is 16.3 Å². The van der Waals surface area contributed by atoms with Gasteiger partial charge < -0.3 is 15.4 Å². The summed E-state index contributed by atoms with van der Waals surface area (Å²) in [7, 11) is 0.482. The smallest absolute Gasteiger partial charge is 0.250 e. The zero-order chi connectivity index (χ0) is 14.3. The summed E-state index contributed by atoms with van der Waals surface area (Å²) in [5.41, 5.74) is 5.46. The Bertz CT molecular complexity index is 471. The maximum atomic E-state index is 11.9. The summed E-state index contributed by atoms with van der Waals surface area (Å²) in [5.74, 6) is 0. The van der Waals surface area contributed by atoms with Crippen molar-refractivity contribution in [3.8, 4) is 0 Å². The Balaban J connectivity index is 2.31. The maximum Gasteiger partial charge on any atom is 0.250 e. The van der Waals surface area contributed by atoms with E-state index < -0.39 is 10.0 Å². The molecule has 1 aromatic rings. The van der Waals surface area contributed by atoms with Gasteiger partial charge in [0.15, 0.2) is 0 Å². The normalized spacial score (nSPS) is 12.2. The zero-order valence-electron chi connectivity index (χ0n) is 11.3. The van der Waals surface area contributed by atoms with Crippen LogP contribution in [-0.4, -0.2) is 53.7 Å². The van der Waals surface area contributed by atoms with Crippen molar-refractivity contribution >= 4 is 21.4 Å². The van der Waals surface area contributed by atoms with Gasteiger partial charge in [0.1, 0.15) is 4.21 Å². The van der Waals surface area contributed by atoms with Crippen LogP contribution in [-0.2, 0) is 21.3 Å². The van der Waals surface area contributed by atoms with E-state index in [1.165, 1.54) is 11.3 Å². The van der Waals surface area contributed by atoms with Gasteiger partial charge in [0.25, 0.3) is 0 Å². The van der Waals surface area contributed by atoms with Gasteiger partial charge in [-0.25, -0.2) is 13.1 Å². The van der Waals surface area contributed by atoms with Crippen LogP contribution in [0.2, 0.25) is 0 Å². The van der Waals surface area contributed by atoms with Crippen LogP contribution < -0.4 is 10.5 Å². The zero-order valence-corrected chi connectivity index (χ0v) is 12.9. The van der Waals surface area contributed by atoms with E-state index in [-0.39, 0.29) is 6.54 Å². The Morgan fingerprint density at radius 2 is 2.11 bits per heavy atom. The average molecular weight is 307 g/mol. The van der Waals surface area contributed by atoms with Crippen LogP contribution in [0.25, 0.3) is 0 Å². The predicted molar refractivity (Wildman–Crippen MR) is 76.8 cm³/mol. The van der Waals surface area contributed by atoms with Crippen LogP contribution in [0.4, 0.5) is 0 Å². The van der Waals surface area contributed by atoms with Crippen molar-refractivity contribution in [2.45, 2.75) is 10.8 Å². The van der Waals surface area contributed by atoms with Gasteiger partial charge in [-0.05, 0) is 26.2 Å². The highest BCUT2D eigenvalue weighted by Gasteiger charge is 2.15. The molecule has 0 aliphatic heterocycles. The van der Waals surface area contributed by atoms with Gasteiger partial charge in [-0.2, -0.15) is 0 Å². The number of hydrogen-bond acceptors (Lipinski definition) is 6. The highest BCUT2D eigenvalue weighted by molar-refractivity contribution is 7.91. The van der Waals surface area contributed by atoms with E-state index >= 15 is 0 Å². The summed E-state index contributed by atoms with van der Waals surface area (Å²) >= 11 is 1.19. The fourth-order valence-electron chi connectivity index (χ4n) is 1.28. The number of ether oxygens (including phenoxy) is 1. The number of nitrogens with one attached hydrogen (secondary N) is 1. The van der Waals surface area contributed by atoms with Crippen LogP contribution in [0, 0.1) is 0 Å². The largest absolute Gasteiger partial charge is 0.379 e. The van der Waals surface area contributed by atoms with Gasteiger partial charge in [-0.15, -0.1) is 11.3 Å². The quantitative estimate of drug-likeness (QED) is 0.630. The van der Waals surface area contributed by atoms with Gasteiger partial charge in [-0.3, -0.25) is 0 Å². The molecule has 1 aromatic heterocycles. The second kappa shape index (κ2) is 7.93. The fourth-order valence-corrected chi connectivity index (χ4v) is 3.57. The summed E-state index contributed by atoms with van der Waals surface area (Å²) in [5, 5.41) is 0. The minimum Gasteiger partial charge on any atom is -0.379 e. The van der Waals surface area contributed by atoms with Crippen molar-refractivity contribution < 1.29 is 13.2 Å². The first-order valence-corrected chi connectivity index (χ1v) is 8.26. The summed E-state index contributed by atoms with van der Waals surface area (Å²) in [4.78, 5) is 2.85. The fraction of sp³-hybridized carbons (Fsp3) is 0.636. The molecule has 0 aliphatic carbocycles. The molecule has 0 saturated carbocycles. The average Bonchev–Trinajstić information content (AvgIpc) is 2.82. The molecule has 0 unspecified atom stereocenters. The Kier molecular flexibility index (Phi) is 6.90. The number of rotatable bonds is 9. The molecular formula is C11H21N3O3S2.